The number of aryl methyl sites for hydroxylation is 1. The SMILES string of the molecule is CCOc1ccc(-c2c(C)sc(NC(=O)c3ccccc3F)c2C(=O)OC)cc1. The van der Waals surface area contributed by atoms with Crippen molar-refractivity contribution in [2.45, 2.75) is 13.8 Å². The topological polar surface area (TPSA) is 64.6 Å². The number of carbonyl (C=O) groups is 2. The summed E-state index contributed by atoms with van der Waals surface area (Å²) in [5.41, 5.74) is 1.59. The van der Waals surface area contributed by atoms with Crippen LogP contribution in [0.5, 0.6) is 5.75 Å². The quantitative estimate of drug-likeness (QED) is 0.557. The zero-order valence-corrected chi connectivity index (χ0v) is 17.1. The van der Waals surface area contributed by atoms with E-state index in [4.69, 9.17) is 9.47 Å². The first-order chi connectivity index (χ1) is 14.0. The molecule has 2 aromatic carbocycles. The third-order valence-corrected chi connectivity index (χ3v) is 5.29. The summed E-state index contributed by atoms with van der Waals surface area (Å²) in [4.78, 5) is 25.9. The molecule has 150 valence electrons. The number of esters is 1. The van der Waals surface area contributed by atoms with E-state index >= 15 is 0 Å². The van der Waals surface area contributed by atoms with E-state index in [-0.39, 0.29) is 11.1 Å². The third kappa shape index (κ3) is 4.30. The van der Waals surface area contributed by atoms with Gasteiger partial charge in [0.2, 0.25) is 0 Å². The lowest BCUT2D eigenvalue weighted by Crippen LogP contribution is -2.15. The fourth-order valence-electron chi connectivity index (χ4n) is 2.98. The van der Waals surface area contributed by atoms with Crippen LogP contribution in [-0.2, 0) is 4.74 Å². The lowest BCUT2D eigenvalue weighted by molar-refractivity contribution is 0.0603. The smallest absolute Gasteiger partial charge is 0.341 e. The van der Waals surface area contributed by atoms with Gasteiger partial charge in [0.1, 0.15) is 22.1 Å². The molecule has 3 rings (SSSR count). The van der Waals surface area contributed by atoms with Gasteiger partial charge in [0.05, 0.1) is 19.3 Å². The van der Waals surface area contributed by atoms with Gasteiger partial charge < -0.3 is 14.8 Å². The highest BCUT2D eigenvalue weighted by molar-refractivity contribution is 7.17. The zero-order chi connectivity index (χ0) is 21.0. The number of benzene rings is 2. The molecule has 29 heavy (non-hydrogen) atoms. The minimum atomic E-state index is -0.635. The molecule has 0 saturated heterocycles. The predicted molar refractivity (Wildman–Crippen MR) is 111 cm³/mol. The Hall–Kier alpha value is -3.19. The van der Waals surface area contributed by atoms with Crippen molar-refractivity contribution in [3.8, 4) is 16.9 Å². The molecule has 5 nitrogen and oxygen atoms in total. The molecule has 1 heterocycles. The molecule has 0 fully saturated rings. The summed E-state index contributed by atoms with van der Waals surface area (Å²) < 4.78 is 24.4. The molecule has 0 aliphatic carbocycles. The lowest BCUT2D eigenvalue weighted by Gasteiger charge is -2.09. The minimum absolute atomic E-state index is 0.100. The molecule has 1 N–H and O–H groups in total. The maximum Gasteiger partial charge on any atom is 0.341 e. The van der Waals surface area contributed by atoms with Crippen LogP contribution in [0.3, 0.4) is 0 Å². The molecule has 1 aromatic heterocycles. The van der Waals surface area contributed by atoms with Crippen molar-refractivity contribution in [2.24, 2.45) is 0 Å². The van der Waals surface area contributed by atoms with Crippen molar-refractivity contribution >= 4 is 28.2 Å². The van der Waals surface area contributed by atoms with Crippen molar-refractivity contribution in [2.75, 3.05) is 19.0 Å². The van der Waals surface area contributed by atoms with E-state index in [1.54, 1.807) is 6.07 Å². The second kappa shape index (κ2) is 8.87. The molecule has 1 amide bonds. The Labute approximate surface area is 172 Å². The van der Waals surface area contributed by atoms with Crippen molar-refractivity contribution in [1.29, 1.82) is 0 Å². The summed E-state index contributed by atoms with van der Waals surface area (Å²) in [7, 11) is 1.28. The van der Waals surface area contributed by atoms with Crippen LogP contribution in [0.1, 0.15) is 32.5 Å². The maximum absolute atomic E-state index is 14.0. The average molecular weight is 413 g/mol. The molecule has 0 aliphatic heterocycles. The molecule has 7 heteroatoms. The van der Waals surface area contributed by atoms with Gasteiger partial charge in [-0.25, -0.2) is 9.18 Å². The normalized spacial score (nSPS) is 10.5. The Morgan fingerprint density at radius 3 is 2.41 bits per heavy atom. The van der Waals surface area contributed by atoms with Gasteiger partial charge in [0.25, 0.3) is 5.91 Å². The Balaban J connectivity index is 2.03. The first-order valence-electron chi connectivity index (χ1n) is 8.97. The Bertz CT molecular complexity index is 1040. The van der Waals surface area contributed by atoms with E-state index < -0.39 is 17.7 Å². The van der Waals surface area contributed by atoms with Crippen LogP contribution in [0.25, 0.3) is 11.1 Å². The first-order valence-corrected chi connectivity index (χ1v) is 9.78. The first kappa shape index (κ1) is 20.5. The van der Waals surface area contributed by atoms with Gasteiger partial charge in [-0.1, -0.05) is 24.3 Å². The lowest BCUT2D eigenvalue weighted by atomic mass is 10.0. The predicted octanol–water partition coefficient (Wildman–Crippen LogP) is 5.30. The molecule has 0 aliphatic rings. The average Bonchev–Trinajstić information content (AvgIpc) is 3.04. The standard InChI is InChI=1S/C22H20FNO4S/c1-4-28-15-11-9-14(10-12-15)18-13(2)29-21(19(18)22(26)27-3)24-20(25)16-7-5-6-8-17(16)23/h5-12H,4H2,1-3H3,(H,24,25). The minimum Gasteiger partial charge on any atom is -0.494 e. The van der Waals surface area contributed by atoms with E-state index in [2.05, 4.69) is 5.32 Å². The van der Waals surface area contributed by atoms with Gasteiger partial charge in [-0.2, -0.15) is 0 Å². The number of hydrogen-bond acceptors (Lipinski definition) is 5. The number of thiophene rings is 1. The zero-order valence-electron chi connectivity index (χ0n) is 16.2. The fourth-order valence-corrected chi connectivity index (χ4v) is 4.04. The van der Waals surface area contributed by atoms with Crippen LogP contribution in [-0.4, -0.2) is 25.6 Å². The van der Waals surface area contributed by atoms with Crippen molar-refractivity contribution in [1.82, 2.24) is 0 Å². The summed E-state index contributed by atoms with van der Waals surface area (Å²) in [5.74, 6) is -1.13. The molecule has 0 saturated carbocycles. The molecule has 0 atom stereocenters. The Morgan fingerprint density at radius 2 is 1.79 bits per heavy atom. The van der Waals surface area contributed by atoms with Gasteiger partial charge in [-0.05, 0) is 43.7 Å². The summed E-state index contributed by atoms with van der Waals surface area (Å²) in [5, 5.41) is 2.97. The van der Waals surface area contributed by atoms with E-state index in [1.165, 1.54) is 36.6 Å². The van der Waals surface area contributed by atoms with Crippen molar-refractivity contribution in [3.63, 3.8) is 0 Å². The van der Waals surface area contributed by atoms with Gasteiger partial charge in [-0.15, -0.1) is 11.3 Å². The third-order valence-electron chi connectivity index (χ3n) is 4.27. The highest BCUT2D eigenvalue weighted by atomic mass is 32.1. The van der Waals surface area contributed by atoms with Crippen LogP contribution in [0, 0.1) is 12.7 Å². The van der Waals surface area contributed by atoms with Crippen LogP contribution < -0.4 is 10.1 Å². The number of anilines is 1. The van der Waals surface area contributed by atoms with Gasteiger partial charge >= 0.3 is 5.97 Å². The number of ether oxygens (including phenoxy) is 2. The van der Waals surface area contributed by atoms with Gasteiger partial charge in [-0.3, -0.25) is 4.79 Å². The molecule has 0 bridgehead atoms. The summed E-state index contributed by atoms with van der Waals surface area (Å²) in [6, 6.07) is 13.0. The highest BCUT2D eigenvalue weighted by Gasteiger charge is 2.26. The van der Waals surface area contributed by atoms with E-state index in [0.29, 0.717) is 17.2 Å². The van der Waals surface area contributed by atoms with Crippen molar-refractivity contribution < 1.29 is 23.5 Å². The molecular weight excluding hydrogens is 393 g/mol. The number of amides is 1. The maximum atomic E-state index is 14.0. The number of halogens is 1. The number of hydrogen-bond donors (Lipinski definition) is 1. The summed E-state index contributed by atoms with van der Waals surface area (Å²) >= 11 is 1.24. The second-order valence-corrected chi connectivity index (χ2v) is 7.35. The summed E-state index contributed by atoms with van der Waals surface area (Å²) in [6.07, 6.45) is 0. The molecular formula is C22H20FNO4S. The summed E-state index contributed by atoms with van der Waals surface area (Å²) in [6.45, 7) is 4.30. The van der Waals surface area contributed by atoms with E-state index in [9.17, 15) is 14.0 Å². The molecule has 0 unspecified atom stereocenters. The van der Waals surface area contributed by atoms with Crippen molar-refractivity contribution in [3.05, 3.63) is 70.4 Å². The van der Waals surface area contributed by atoms with Crippen LogP contribution in [0.2, 0.25) is 0 Å². The monoisotopic (exact) mass is 413 g/mol. The number of rotatable bonds is 6. The van der Waals surface area contributed by atoms with Crippen LogP contribution >= 0.6 is 11.3 Å². The largest absolute Gasteiger partial charge is 0.494 e. The number of carbonyl (C=O) groups excluding carboxylic acids is 2. The Morgan fingerprint density at radius 1 is 1.10 bits per heavy atom. The number of nitrogens with one attached hydrogen (secondary N) is 1. The van der Waals surface area contributed by atoms with Crippen LogP contribution in [0.4, 0.5) is 9.39 Å². The number of methoxy groups -OCH3 is 1. The van der Waals surface area contributed by atoms with Crippen LogP contribution in [0.15, 0.2) is 48.5 Å². The highest BCUT2D eigenvalue weighted by Crippen LogP contribution is 2.41. The van der Waals surface area contributed by atoms with E-state index in [0.717, 1.165) is 16.2 Å². The van der Waals surface area contributed by atoms with Gasteiger partial charge in [0, 0.05) is 10.4 Å². The van der Waals surface area contributed by atoms with E-state index in [1.807, 2.05) is 38.1 Å². The van der Waals surface area contributed by atoms with Gasteiger partial charge in [0.15, 0.2) is 0 Å². The molecule has 3 aromatic rings. The molecule has 0 radical (unpaired) electrons. The second-order valence-electron chi connectivity index (χ2n) is 6.12. The fraction of sp³-hybridized carbons (Fsp3) is 0.182. The Kier molecular flexibility index (Phi) is 6.29. The molecule has 0 spiro atoms.